The molecule has 29 heavy (non-hydrogen) atoms. The molecule has 0 aliphatic heterocycles. The van der Waals surface area contributed by atoms with Crippen LogP contribution < -0.4 is 0 Å². The van der Waals surface area contributed by atoms with Gasteiger partial charge >= 0.3 is 5.97 Å². The number of nitrogens with zero attached hydrogens (tertiary/aromatic N) is 3. The summed E-state index contributed by atoms with van der Waals surface area (Å²) in [4.78, 5) is 19.9. The molecule has 0 aliphatic rings. The first-order valence-corrected chi connectivity index (χ1v) is 9.22. The SMILES string of the molecule is O=C(O)c1cc(CO)nc(CCCc2nc(CO)cn2Cc2ccc(F)cc2)c1. The van der Waals surface area contributed by atoms with E-state index < -0.39 is 5.97 Å². The number of rotatable bonds is 9. The summed E-state index contributed by atoms with van der Waals surface area (Å²) in [6, 6.07) is 9.07. The molecule has 8 heteroatoms. The van der Waals surface area contributed by atoms with Gasteiger partial charge in [0.1, 0.15) is 11.6 Å². The molecule has 0 radical (unpaired) electrons. The summed E-state index contributed by atoms with van der Waals surface area (Å²) in [5.74, 6) is -0.588. The summed E-state index contributed by atoms with van der Waals surface area (Å²) >= 11 is 0. The van der Waals surface area contributed by atoms with Gasteiger partial charge in [-0.05, 0) is 42.7 Å². The van der Waals surface area contributed by atoms with Crippen LogP contribution in [0.15, 0.2) is 42.6 Å². The minimum atomic E-state index is -1.06. The van der Waals surface area contributed by atoms with Gasteiger partial charge in [0.25, 0.3) is 0 Å². The lowest BCUT2D eigenvalue weighted by Crippen LogP contribution is -2.07. The molecule has 2 heterocycles. The highest BCUT2D eigenvalue weighted by Crippen LogP contribution is 2.14. The lowest BCUT2D eigenvalue weighted by atomic mass is 10.1. The Morgan fingerprint density at radius 1 is 0.966 bits per heavy atom. The Bertz CT molecular complexity index is 986. The van der Waals surface area contributed by atoms with Crippen LogP contribution in [0.2, 0.25) is 0 Å². The number of halogens is 1. The molecule has 3 aromatic rings. The smallest absolute Gasteiger partial charge is 0.335 e. The highest BCUT2D eigenvalue weighted by Gasteiger charge is 2.11. The Morgan fingerprint density at radius 3 is 2.31 bits per heavy atom. The van der Waals surface area contributed by atoms with E-state index in [0.717, 1.165) is 11.4 Å². The molecule has 0 aliphatic carbocycles. The van der Waals surface area contributed by atoms with Crippen molar-refractivity contribution in [3.05, 3.63) is 82.4 Å². The van der Waals surface area contributed by atoms with Gasteiger partial charge in [0.2, 0.25) is 0 Å². The van der Waals surface area contributed by atoms with Crippen molar-refractivity contribution >= 4 is 5.97 Å². The number of hydrogen-bond donors (Lipinski definition) is 3. The van der Waals surface area contributed by atoms with E-state index in [4.69, 9.17) is 0 Å². The zero-order valence-corrected chi connectivity index (χ0v) is 15.8. The summed E-state index contributed by atoms with van der Waals surface area (Å²) in [7, 11) is 0. The van der Waals surface area contributed by atoms with E-state index in [2.05, 4.69) is 9.97 Å². The number of aromatic carboxylic acids is 1. The molecule has 7 nitrogen and oxygen atoms in total. The molecule has 3 rings (SSSR count). The number of aryl methyl sites for hydroxylation is 2. The number of aliphatic hydroxyl groups is 2. The van der Waals surface area contributed by atoms with Gasteiger partial charge in [-0.3, -0.25) is 4.98 Å². The molecule has 0 saturated heterocycles. The lowest BCUT2D eigenvalue weighted by Gasteiger charge is -2.09. The van der Waals surface area contributed by atoms with Crippen LogP contribution in [0.3, 0.4) is 0 Å². The molecule has 0 spiro atoms. The summed E-state index contributed by atoms with van der Waals surface area (Å²) in [6.45, 7) is 0.00553. The third-order valence-corrected chi connectivity index (χ3v) is 4.51. The van der Waals surface area contributed by atoms with E-state index in [9.17, 15) is 24.5 Å². The van der Waals surface area contributed by atoms with Crippen LogP contribution in [0.5, 0.6) is 0 Å². The van der Waals surface area contributed by atoms with Crippen LogP contribution in [0, 0.1) is 5.82 Å². The van der Waals surface area contributed by atoms with Crippen LogP contribution in [-0.2, 0) is 32.6 Å². The maximum atomic E-state index is 13.1. The zero-order valence-electron chi connectivity index (χ0n) is 15.8. The van der Waals surface area contributed by atoms with Crippen LogP contribution in [0.25, 0.3) is 0 Å². The Hall–Kier alpha value is -3.10. The molecule has 152 valence electrons. The number of carboxylic acid groups (broad SMARTS) is 1. The highest BCUT2D eigenvalue weighted by atomic mass is 19.1. The second-order valence-corrected chi connectivity index (χ2v) is 6.72. The largest absolute Gasteiger partial charge is 0.478 e. The molecule has 0 amide bonds. The van der Waals surface area contributed by atoms with Gasteiger partial charge in [-0.15, -0.1) is 0 Å². The Kier molecular flexibility index (Phi) is 6.69. The van der Waals surface area contributed by atoms with Gasteiger partial charge in [-0.2, -0.15) is 0 Å². The minimum Gasteiger partial charge on any atom is -0.478 e. The van der Waals surface area contributed by atoms with E-state index >= 15 is 0 Å². The molecular formula is C21H22FN3O4. The molecule has 2 aromatic heterocycles. The molecule has 3 N–H and O–H groups in total. The molecule has 0 unspecified atom stereocenters. The maximum absolute atomic E-state index is 13.1. The molecule has 0 fully saturated rings. The van der Waals surface area contributed by atoms with Crippen LogP contribution in [0.4, 0.5) is 4.39 Å². The number of hydrogen-bond acceptors (Lipinski definition) is 5. The Morgan fingerprint density at radius 2 is 1.66 bits per heavy atom. The number of pyridine rings is 1. The normalized spacial score (nSPS) is 11.0. The standard InChI is InChI=1S/C21H22FN3O4/c22-16-6-4-14(5-7-16)10-25-11-19(13-27)24-20(25)3-1-2-17-8-15(21(28)29)9-18(12-26)23-17/h4-9,11,26-27H,1-3,10,12-13H2,(H,28,29). The molecule has 0 atom stereocenters. The lowest BCUT2D eigenvalue weighted by molar-refractivity contribution is 0.0696. The highest BCUT2D eigenvalue weighted by molar-refractivity contribution is 5.87. The Balaban J connectivity index is 1.70. The van der Waals surface area contributed by atoms with Crippen molar-refractivity contribution < 1.29 is 24.5 Å². The monoisotopic (exact) mass is 399 g/mol. The van der Waals surface area contributed by atoms with E-state index in [0.29, 0.717) is 42.9 Å². The summed E-state index contributed by atoms with van der Waals surface area (Å²) in [5, 5.41) is 27.9. The first-order chi connectivity index (χ1) is 14.0. The Labute approximate surface area is 167 Å². The van der Waals surface area contributed by atoms with Gasteiger partial charge in [-0.1, -0.05) is 12.1 Å². The third-order valence-electron chi connectivity index (χ3n) is 4.51. The number of benzene rings is 1. The van der Waals surface area contributed by atoms with Gasteiger partial charge in [0.05, 0.1) is 30.2 Å². The van der Waals surface area contributed by atoms with Crippen molar-refractivity contribution in [2.45, 2.75) is 39.0 Å². The molecular weight excluding hydrogens is 377 g/mol. The average molecular weight is 399 g/mol. The minimum absolute atomic E-state index is 0.0967. The first kappa shape index (κ1) is 20.6. The van der Waals surface area contributed by atoms with E-state index in [1.807, 2.05) is 4.57 Å². The van der Waals surface area contributed by atoms with Gasteiger partial charge in [-0.25, -0.2) is 14.2 Å². The zero-order chi connectivity index (χ0) is 20.8. The van der Waals surface area contributed by atoms with E-state index in [1.54, 1.807) is 18.3 Å². The van der Waals surface area contributed by atoms with Crippen molar-refractivity contribution in [1.82, 2.24) is 14.5 Å². The number of imidazole rings is 1. The second kappa shape index (κ2) is 9.40. The fraction of sp³-hybridized carbons (Fsp3) is 0.286. The maximum Gasteiger partial charge on any atom is 0.335 e. The predicted molar refractivity (Wildman–Crippen MR) is 103 cm³/mol. The third kappa shape index (κ3) is 5.46. The molecule has 0 bridgehead atoms. The number of carboxylic acids is 1. The van der Waals surface area contributed by atoms with Crippen LogP contribution in [-0.4, -0.2) is 35.8 Å². The van der Waals surface area contributed by atoms with Crippen molar-refractivity contribution in [3.8, 4) is 0 Å². The fourth-order valence-electron chi connectivity index (χ4n) is 3.12. The van der Waals surface area contributed by atoms with Crippen LogP contribution >= 0.6 is 0 Å². The van der Waals surface area contributed by atoms with E-state index in [-0.39, 0.29) is 24.6 Å². The summed E-state index contributed by atoms with van der Waals surface area (Å²) < 4.78 is 15.0. The quantitative estimate of drug-likeness (QED) is 0.510. The van der Waals surface area contributed by atoms with E-state index in [1.165, 1.54) is 24.3 Å². The summed E-state index contributed by atoms with van der Waals surface area (Å²) in [5.41, 5.74) is 2.47. The van der Waals surface area contributed by atoms with Gasteiger partial charge in [0, 0.05) is 24.9 Å². The van der Waals surface area contributed by atoms with Crippen LogP contribution in [0.1, 0.15) is 45.2 Å². The topological polar surface area (TPSA) is 108 Å². The molecule has 0 saturated carbocycles. The molecule has 1 aromatic carbocycles. The number of carbonyl (C=O) groups is 1. The fourth-order valence-corrected chi connectivity index (χ4v) is 3.12. The van der Waals surface area contributed by atoms with Gasteiger partial charge < -0.3 is 19.9 Å². The van der Waals surface area contributed by atoms with Gasteiger partial charge in [0.15, 0.2) is 0 Å². The van der Waals surface area contributed by atoms with Crippen molar-refractivity contribution in [3.63, 3.8) is 0 Å². The van der Waals surface area contributed by atoms with Crippen molar-refractivity contribution in [2.75, 3.05) is 0 Å². The van der Waals surface area contributed by atoms with Crippen molar-refractivity contribution in [2.24, 2.45) is 0 Å². The van der Waals surface area contributed by atoms with Crippen molar-refractivity contribution in [1.29, 1.82) is 0 Å². The number of aliphatic hydroxyl groups excluding tert-OH is 2. The predicted octanol–water partition coefficient (Wildman–Crippen LogP) is 2.32. The average Bonchev–Trinajstić information content (AvgIpc) is 3.11. The number of aromatic nitrogens is 3. The second-order valence-electron chi connectivity index (χ2n) is 6.72. The first-order valence-electron chi connectivity index (χ1n) is 9.22. The summed E-state index contributed by atoms with van der Waals surface area (Å²) in [6.07, 6.45) is 3.54.